The van der Waals surface area contributed by atoms with Gasteiger partial charge in [0.25, 0.3) is 10.0 Å². The molecular weight excluding hydrogens is 724 g/mol. The van der Waals surface area contributed by atoms with E-state index in [2.05, 4.69) is 36.8 Å². The Morgan fingerprint density at radius 1 is 0.925 bits per heavy atom. The minimum absolute atomic E-state index is 0.0547. The van der Waals surface area contributed by atoms with E-state index in [-0.39, 0.29) is 40.3 Å². The maximum absolute atomic E-state index is 14.7. The number of hydrogen-bond acceptors (Lipinski definition) is 7. The van der Waals surface area contributed by atoms with Crippen LogP contribution in [0.15, 0.2) is 100 Å². The molecule has 3 aromatic rings. The summed E-state index contributed by atoms with van der Waals surface area (Å²) >= 11 is 1.06. The van der Waals surface area contributed by atoms with Crippen molar-refractivity contribution in [1.29, 1.82) is 0 Å². The molecule has 3 saturated carbocycles. The number of Topliss-reactive ketones (excluding diaryl/α,β-unsaturated/α-hetero) is 1. The predicted octanol–water partition coefficient (Wildman–Crippen LogP) is 8.31. The van der Waals surface area contributed by atoms with E-state index in [0.717, 1.165) is 29.9 Å². The number of thiophene rings is 1. The summed E-state index contributed by atoms with van der Waals surface area (Å²) in [4.78, 5) is 14.7. The molecule has 3 fully saturated rings. The molecule has 0 aliphatic heterocycles. The Kier molecular flexibility index (Phi) is 8.55. The topological polar surface area (TPSA) is 104 Å². The van der Waals surface area contributed by atoms with E-state index < -0.39 is 50.1 Å². The zero-order valence-corrected chi connectivity index (χ0v) is 31.3. The molecule has 7 nitrogen and oxygen atoms in total. The van der Waals surface area contributed by atoms with Gasteiger partial charge in [-0.2, -0.15) is 4.31 Å². The Morgan fingerprint density at radius 3 is 2.28 bits per heavy atom. The van der Waals surface area contributed by atoms with E-state index >= 15 is 0 Å². The summed E-state index contributed by atoms with van der Waals surface area (Å²) in [5.41, 5.74) is -1.98. The first-order valence-corrected chi connectivity index (χ1v) is 20.6. The van der Waals surface area contributed by atoms with Crippen molar-refractivity contribution in [1.82, 2.24) is 4.31 Å². The Morgan fingerprint density at radius 2 is 1.60 bits per heavy atom. The van der Waals surface area contributed by atoms with Gasteiger partial charge in [0.2, 0.25) is 0 Å². The molecule has 6 aliphatic rings. The summed E-state index contributed by atoms with van der Waals surface area (Å²) in [5.74, 6) is -0.590. The number of rotatable bonds is 9. The molecule has 2 aromatic carbocycles. The number of ether oxygens (including phenoxy) is 1. The molecule has 6 aliphatic carbocycles. The van der Waals surface area contributed by atoms with Crippen molar-refractivity contribution in [2.45, 2.75) is 87.6 Å². The van der Waals surface area contributed by atoms with Gasteiger partial charge in [-0.05, 0) is 91.3 Å². The van der Waals surface area contributed by atoms with Gasteiger partial charge in [-0.15, -0.1) is 24.5 Å². The normalized spacial score (nSPS) is 36.1. The van der Waals surface area contributed by atoms with Gasteiger partial charge in [-0.1, -0.05) is 80.6 Å². The number of alkyl halides is 3. The molecule has 0 amide bonds. The number of carbonyl (C=O) groups is 1. The highest BCUT2D eigenvalue weighted by Gasteiger charge is 2.74. The summed E-state index contributed by atoms with van der Waals surface area (Å²) in [6.45, 7) is 3.96. The summed E-state index contributed by atoms with van der Waals surface area (Å²) in [5, 5.41) is 25.6. The lowest BCUT2D eigenvalue weighted by molar-refractivity contribution is -0.274. The van der Waals surface area contributed by atoms with Gasteiger partial charge in [-0.25, -0.2) is 8.42 Å². The third-order valence-electron chi connectivity index (χ3n) is 14.0. The van der Waals surface area contributed by atoms with Crippen molar-refractivity contribution in [3.63, 3.8) is 0 Å². The Hall–Kier alpha value is -3.29. The molecule has 9 rings (SSSR count). The lowest BCUT2D eigenvalue weighted by Gasteiger charge is -2.71. The third kappa shape index (κ3) is 5.52. The predicted molar refractivity (Wildman–Crippen MR) is 194 cm³/mol. The fourth-order valence-electron chi connectivity index (χ4n) is 11.4. The number of nitrogens with zero attached hydrogens (tertiary/aromatic N) is 1. The number of aliphatic hydroxyl groups excluding tert-OH is 1. The second kappa shape index (κ2) is 12.4. The maximum Gasteiger partial charge on any atom is 0.573 e. The standard InChI is InChI=1S/C41H44F3NO6S2/c1-36-17-14-29(46)23-38(36)20-21-40(31(24-38)35(47)28-7-4-3-5-8-28)32(36)15-18-37(2)33(40)16-19-39(37,48)26-45(53(49,50)34-9-6-22-52-34)25-27-10-12-30(13-11-27)51-41(42,43)44/h3-13,20-22,24,29,32-33,46,48H,14-19,23,25-26H2,1-2H3. The fraction of sp³-hybridized carbons (Fsp3) is 0.488. The van der Waals surface area contributed by atoms with Crippen molar-refractivity contribution in [3.8, 4) is 5.75 Å². The molecule has 8 unspecified atom stereocenters. The Labute approximate surface area is 312 Å². The molecule has 282 valence electrons. The smallest absolute Gasteiger partial charge is 0.406 e. The van der Waals surface area contributed by atoms with Crippen LogP contribution < -0.4 is 4.74 Å². The van der Waals surface area contributed by atoms with Crippen molar-refractivity contribution < 1.29 is 41.3 Å². The van der Waals surface area contributed by atoms with E-state index in [1.807, 2.05) is 30.3 Å². The van der Waals surface area contributed by atoms with Crippen LogP contribution in [0.2, 0.25) is 0 Å². The van der Waals surface area contributed by atoms with E-state index in [9.17, 15) is 36.6 Å². The average Bonchev–Trinajstić information content (AvgIpc) is 3.76. The third-order valence-corrected chi connectivity index (χ3v) is 17.2. The molecule has 53 heavy (non-hydrogen) atoms. The molecule has 1 aromatic heterocycles. The highest BCUT2D eigenvalue weighted by molar-refractivity contribution is 7.91. The van der Waals surface area contributed by atoms with Gasteiger partial charge in [0.15, 0.2) is 5.78 Å². The van der Waals surface area contributed by atoms with E-state index in [1.54, 1.807) is 11.4 Å². The van der Waals surface area contributed by atoms with E-state index in [0.29, 0.717) is 55.2 Å². The average molecular weight is 768 g/mol. The molecule has 2 spiro atoms. The lowest BCUT2D eigenvalue weighted by Crippen LogP contribution is -2.67. The number of carbonyl (C=O) groups excluding carboxylic acids is 1. The minimum atomic E-state index is -4.87. The van der Waals surface area contributed by atoms with Crippen LogP contribution in [0.4, 0.5) is 13.2 Å². The zero-order valence-electron chi connectivity index (χ0n) is 29.7. The lowest BCUT2D eigenvalue weighted by atomic mass is 9.32. The largest absolute Gasteiger partial charge is 0.573 e. The van der Waals surface area contributed by atoms with Gasteiger partial charge in [-0.3, -0.25) is 4.79 Å². The highest BCUT2D eigenvalue weighted by atomic mass is 32.2. The number of hydrogen-bond donors (Lipinski definition) is 2. The summed E-state index contributed by atoms with van der Waals surface area (Å²) in [6.07, 6.45) is 5.51. The van der Waals surface area contributed by atoms with Crippen LogP contribution >= 0.6 is 11.3 Å². The van der Waals surface area contributed by atoms with Gasteiger partial charge >= 0.3 is 6.36 Å². The highest BCUT2D eigenvalue weighted by Crippen LogP contribution is 2.78. The summed E-state index contributed by atoms with van der Waals surface area (Å²) in [7, 11) is -4.14. The second-order valence-electron chi connectivity index (χ2n) is 16.4. The van der Waals surface area contributed by atoms with Crippen LogP contribution in [-0.2, 0) is 16.6 Å². The number of halogens is 3. The maximum atomic E-state index is 14.7. The quantitative estimate of drug-likeness (QED) is 0.168. The molecule has 2 bridgehead atoms. The second-order valence-corrected chi connectivity index (χ2v) is 19.5. The van der Waals surface area contributed by atoms with E-state index in [4.69, 9.17) is 0 Å². The summed E-state index contributed by atoms with van der Waals surface area (Å²) in [6, 6.07) is 17.5. The Bertz CT molecular complexity index is 2070. The van der Waals surface area contributed by atoms with Gasteiger partial charge in [0.05, 0.1) is 11.7 Å². The van der Waals surface area contributed by atoms with Crippen molar-refractivity contribution in [2.75, 3.05) is 6.54 Å². The van der Waals surface area contributed by atoms with Crippen molar-refractivity contribution in [2.24, 2.45) is 33.5 Å². The van der Waals surface area contributed by atoms with Gasteiger partial charge < -0.3 is 14.9 Å². The first-order chi connectivity index (χ1) is 25.0. The van der Waals surface area contributed by atoms with Crippen LogP contribution in [0.25, 0.3) is 0 Å². The zero-order chi connectivity index (χ0) is 37.7. The van der Waals surface area contributed by atoms with Crippen molar-refractivity contribution in [3.05, 3.63) is 107 Å². The first kappa shape index (κ1) is 36.7. The summed E-state index contributed by atoms with van der Waals surface area (Å²) < 4.78 is 72.6. The van der Waals surface area contributed by atoms with Crippen LogP contribution in [-0.4, -0.2) is 53.3 Å². The number of benzene rings is 2. The number of allylic oxidation sites excluding steroid dienone is 4. The number of aliphatic hydroxyl groups is 2. The van der Waals surface area contributed by atoms with Crippen LogP contribution in [0.1, 0.15) is 74.7 Å². The number of sulfonamides is 1. The fourth-order valence-corrected chi connectivity index (χ4v) is 14.0. The molecular formula is C41H44F3NO6S2. The molecule has 0 radical (unpaired) electrons. The SMILES string of the molecule is CC12CCC(O)CC13C=CC1(C(C(=O)c4ccccc4)=C3)C2CCC2(C)C1CCC2(O)CN(Cc1ccc(OC(F)(F)F)cc1)S(=O)(=O)c1cccs1. The van der Waals surface area contributed by atoms with E-state index in [1.165, 1.54) is 22.5 Å². The van der Waals surface area contributed by atoms with Crippen LogP contribution in [0.5, 0.6) is 5.75 Å². The van der Waals surface area contributed by atoms with Crippen LogP contribution in [0, 0.1) is 33.5 Å². The minimum Gasteiger partial charge on any atom is -0.406 e. The van der Waals surface area contributed by atoms with Gasteiger partial charge in [0.1, 0.15) is 9.96 Å². The monoisotopic (exact) mass is 767 g/mol. The molecule has 1 heterocycles. The molecule has 8 atom stereocenters. The molecule has 0 saturated heterocycles. The molecule has 2 N–H and O–H groups in total. The first-order valence-electron chi connectivity index (χ1n) is 18.3. The van der Waals surface area contributed by atoms with Crippen molar-refractivity contribution >= 4 is 27.1 Å². The number of fused-ring (bicyclic) bond motifs is 1. The molecule has 12 heteroatoms. The Balaban J connectivity index is 1.19. The van der Waals surface area contributed by atoms with Gasteiger partial charge in [0, 0.05) is 40.5 Å². The number of ketones is 1. The van der Waals surface area contributed by atoms with Crippen LogP contribution in [0.3, 0.4) is 0 Å².